The molecule has 1 atom stereocenters. The summed E-state index contributed by atoms with van der Waals surface area (Å²) in [5.74, 6) is 1.01. The maximum atomic E-state index is 12.3. The van der Waals surface area contributed by atoms with E-state index in [1.165, 1.54) is 0 Å². The molecule has 2 aliphatic rings. The number of rotatable bonds is 4. The van der Waals surface area contributed by atoms with E-state index in [-0.39, 0.29) is 5.91 Å². The lowest BCUT2D eigenvalue weighted by Gasteiger charge is -2.22. The van der Waals surface area contributed by atoms with Gasteiger partial charge in [-0.1, -0.05) is 11.6 Å². The Morgan fingerprint density at radius 1 is 1.42 bits per heavy atom. The van der Waals surface area contributed by atoms with Crippen LogP contribution in [0.3, 0.4) is 0 Å². The molecule has 2 N–H and O–H groups in total. The summed E-state index contributed by atoms with van der Waals surface area (Å²) < 4.78 is 7.11. The molecule has 24 heavy (non-hydrogen) atoms. The predicted octanol–water partition coefficient (Wildman–Crippen LogP) is 1.12. The number of hydrogen-bond donors (Lipinski definition) is 2. The van der Waals surface area contributed by atoms with E-state index in [2.05, 4.69) is 26.2 Å². The van der Waals surface area contributed by atoms with Crippen LogP contribution in [0.2, 0.25) is 5.02 Å². The van der Waals surface area contributed by atoms with Gasteiger partial charge in [-0.25, -0.2) is 0 Å². The molecule has 1 aliphatic heterocycles. The molecular weight excluding hydrogens is 332 g/mol. The van der Waals surface area contributed by atoms with Crippen molar-refractivity contribution in [3.8, 4) is 5.69 Å². The minimum absolute atomic E-state index is 0.186. The summed E-state index contributed by atoms with van der Waals surface area (Å²) in [5, 5.41) is 18.4. The number of carbonyl (C=O) groups is 1. The van der Waals surface area contributed by atoms with Gasteiger partial charge in [0.15, 0.2) is 5.82 Å². The van der Waals surface area contributed by atoms with Gasteiger partial charge < -0.3 is 15.4 Å². The first-order chi connectivity index (χ1) is 11.7. The van der Waals surface area contributed by atoms with Crippen LogP contribution in [0.5, 0.6) is 0 Å². The van der Waals surface area contributed by atoms with Gasteiger partial charge in [0.25, 0.3) is 5.91 Å². The third-order valence-corrected chi connectivity index (χ3v) is 4.42. The summed E-state index contributed by atoms with van der Waals surface area (Å²) in [6.45, 7) is 1.79. The number of anilines is 1. The molecule has 0 radical (unpaired) electrons. The molecule has 8 nitrogen and oxygen atoms in total. The Balaban J connectivity index is 1.57. The number of nitrogens with one attached hydrogen (secondary N) is 2. The summed E-state index contributed by atoms with van der Waals surface area (Å²) in [4.78, 5) is 12.3. The molecule has 2 heterocycles. The molecular formula is C15H17ClN6O2. The van der Waals surface area contributed by atoms with Crippen molar-refractivity contribution in [2.45, 2.75) is 24.9 Å². The van der Waals surface area contributed by atoms with Crippen molar-refractivity contribution < 1.29 is 9.53 Å². The van der Waals surface area contributed by atoms with Gasteiger partial charge in [0.2, 0.25) is 0 Å². The van der Waals surface area contributed by atoms with Gasteiger partial charge in [-0.2, -0.15) is 4.68 Å². The zero-order valence-corrected chi connectivity index (χ0v) is 13.7. The molecule has 1 amide bonds. The fraction of sp³-hybridized carbons (Fsp3) is 0.467. The van der Waals surface area contributed by atoms with E-state index in [1.54, 1.807) is 22.9 Å². The third kappa shape index (κ3) is 3.12. The van der Waals surface area contributed by atoms with Crippen LogP contribution in [0.4, 0.5) is 5.69 Å². The predicted molar refractivity (Wildman–Crippen MR) is 87.4 cm³/mol. The SMILES string of the molecule is O=C(Nc1ccc(Cl)c(-n2nnnc2C2CC2)c1)C1CNCCO1. The highest BCUT2D eigenvalue weighted by atomic mass is 35.5. The van der Waals surface area contributed by atoms with Crippen molar-refractivity contribution in [2.24, 2.45) is 0 Å². The zero-order valence-electron chi connectivity index (χ0n) is 12.9. The highest BCUT2D eigenvalue weighted by Crippen LogP contribution is 2.39. The van der Waals surface area contributed by atoms with Gasteiger partial charge in [0.1, 0.15) is 6.10 Å². The van der Waals surface area contributed by atoms with Crippen molar-refractivity contribution in [1.82, 2.24) is 25.5 Å². The highest BCUT2D eigenvalue weighted by molar-refractivity contribution is 6.32. The molecule has 0 spiro atoms. The van der Waals surface area contributed by atoms with E-state index in [4.69, 9.17) is 16.3 Å². The van der Waals surface area contributed by atoms with E-state index in [0.29, 0.717) is 35.5 Å². The smallest absolute Gasteiger partial charge is 0.254 e. The van der Waals surface area contributed by atoms with E-state index in [0.717, 1.165) is 25.2 Å². The third-order valence-electron chi connectivity index (χ3n) is 4.10. The second kappa shape index (κ2) is 6.46. The average molecular weight is 349 g/mol. The molecule has 1 saturated heterocycles. The minimum Gasteiger partial charge on any atom is -0.366 e. The fourth-order valence-electron chi connectivity index (χ4n) is 2.67. The van der Waals surface area contributed by atoms with Gasteiger partial charge in [-0.3, -0.25) is 4.79 Å². The van der Waals surface area contributed by atoms with Crippen molar-refractivity contribution in [2.75, 3.05) is 25.0 Å². The van der Waals surface area contributed by atoms with Gasteiger partial charge >= 0.3 is 0 Å². The molecule has 1 aromatic carbocycles. The van der Waals surface area contributed by atoms with Crippen LogP contribution in [0.25, 0.3) is 5.69 Å². The zero-order chi connectivity index (χ0) is 16.5. The lowest BCUT2D eigenvalue weighted by molar-refractivity contribution is -0.128. The quantitative estimate of drug-likeness (QED) is 0.860. The summed E-state index contributed by atoms with van der Waals surface area (Å²) in [6.07, 6.45) is 1.67. The van der Waals surface area contributed by atoms with Crippen molar-refractivity contribution in [3.05, 3.63) is 29.0 Å². The molecule has 0 bridgehead atoms. The second-order valence-corrected chi connectivity index (χ2v) is 6.35. The molecule has 126 valence electrons. The topological polar surface area (TPSA) is 94.0 Å². The maximum Gasteiger partial charge on any atom is 0.254 e. The van der Waals surface area contributed by atoms with Crippen molar-refractivity contribution in [1.29, 1.82) is 0 Å². The molecule has 2 aromatic rings. The maximum absolute atomic E-state index is 12.3. The fourth-order valence-corrected chi connectivity index (χ4v) is 2.87. The van der Waals surface area contributed by atoms with Crippen LogP contribution < -0.4 is 10.6 Å². The van der Waals surface area contributed by atoms with Crippen LogP contribution in [0.15, 0.2) is 18.2 Å². The second-order valence-electron chi connectivity index (χ2n) is 5.94. The number of nitrogens with zero attached hydrogens (tertiary/aromatic N) is 4. The van der Waals surface area contributed by atoms with Crippen molar-refractivity contribution in [3.63, 3.8) is 0 Å². The number of morpholine rings is 1. The van der Waals surface area contributed by atoms with Crippen LogP contribution in [-0.2, 0) is 9.53 Å². The Kier molecular flexibility index (Phi) is 4.17. The van der Waals surface area contributed by atoms with Crippen molar-refractivity contribution >= 4 is 23.2 Å². The number of benzene rings is 1. The molecule has 2 fully saturated rings. The monoisotopic (exact) mass is 348 g/mol. The molecule has 1 aliphatic carbocycles. The van der Waals surface area contributed by atoms with E-state index < -0.39 is 6.10 Å². The number of tetrazole rings is 1. The van der Waals surface area contributed by atoms with Gasteiger partial charge in [-0.15, -0.1) is 5.10 Å². The van der Waals surface area contributed by atoms with Crippen LogP contribution in [0, 0.1) is 0 Å². The van der Waals surface area contributed by atoms with E-state index in [1.807, 2.05) is 0 Å². The van der Waals surface area contributed by atoms with E-state index in [9.17, 15) is 4.79 Å². The number of halogens is 1. The number of amides is 1. The number of aromatic nitrogens is 4. The minimum atomic E-state index is -0.493. The van der Waals surface area contributed by atoms with Gasteiger partial charge in [0.05, 0.1) is 17.3 Å². The Bertz CT molecular complexity index is 754. The molecule has 9 heteroatoms. The van der Waals surface area contributed by atoms with Gasteiger partial charge in [-0.05, 0) is 41.5 Å². The largest absolute Gasteiger partial charge is 0.366 e. The van der Waals surface area contributed by atoms with Crippen LogP contribution in [0.1, 0.15) is 24.6 Å². The molecule has 4 rings (SSSR count). The summed E-state index contributed by atoms with van der Waals surface area (Å²) in [7, 11) is 0. The molecule has 1 aromatic heterocycles. The summed E-state index contributed by atoms with van der Waals surface area (Å²) >= 11 is 6.31. The summed E-state index contributed by atoms with van der Waals surface area (Å²) in [6, 6.07) is 5.25. The molecule has 1 saturated carbocycles. The first kappa shape index (κ1) is 15.5. The highest BCUT2D eigenvalue weighted by Gasteiger charge is 2.30. The van der Waals surface area contributed by atoms with Crippen LogP contribution >= 0.6 is 11.6 Å². The Labute approximate surface area is 143 Å². The molecule has 1 unspecified atom stereocenters. The standard InChI is InChI=1S/C15H17ClN6O2/c16-11-4-3-10(18-15(23)13-8-17-5-6-24-13)7-12(11)22-14(9-1-2-9)19-20-21-22/h3-4,7,9,13,17H,1-2,5-6,8H2,(H,18,23). The Hall–Kier alpha value is -2.03. The van der Waals surface area contributed by atoms with E-state index >= 15 is 0 Å². The Morgan fingerprint density at radius 3 is 3.04 bits per heavy atom. The first-order valence-corrected chi connectivity index (χ1v) is 8.31. The lowest BCUT2D eigenvalue weighted by atomic mass is 10.2. The Morgan fingerprint density at radius 2 is 2.29 bits per heavy atom. The number of hydrogen-bond acceptors (Lipinski definition) is 6. The summed E-state index contributed by atoms with van der Waals surface area (Å²) in [5.41, 5.74) is 1.29. The lowest BCUT2D eigenvalue weighted by Crippen LogP contribution is -2.45. The average Bonchev–Trinajstić information content (AvgIpc) is 3.34. The first-order valence-electron chi connectivity index (χ1n) is 7.94. The van der Waals surface area contributed by atoms with Crippen LogP contribution in [-0.4, -0.2) is 51.9 Å². The number of ether oxygens (including phenoxy) is 1. The normalized spacial score (nSPS) is 20.8. The number of carbonyl (C=O) groups excluding carboxylic acids is 1. The van der Waals surface area contributed by atoms with Gasteiger partial charge in [0, 0.05) is 24.7 Å².